The summed E-state index contributed by atoms with van der Waals surface area (Å²) in [6, 6.07) is 9.88. The van der Waals surface area contributed by atoms with E-state index in [0.717, 1.165) is 0 Å². The molecule has 1 heterocycles. The maximum Gasteiger partial charge on any atom is 0.306 e. The van der Waals surface area contributed by atoms with Crippen LogP contribution in [0.25, 0.3) is 0 Å². The minimum Gasteiger partial charge on any atom is -0.469 e. The van der Waals surface area contributed by atoms with Crippen molar-refractivity contribution < 1.29 is 23.5 Å². The Morgan fingerprint density at radius 3 is 2.50 bits per heavy atom. The SMILES string of the molecule is CNC(=O)c1ccc(NC(=O)COC(=O)CCc2ccco2)cc1. The summed E-state index contributed by atoms with van der Waals surface area (Å²) >= 11 is 0. The van der Waals surface area contributed by atoms with Crippen LogP contribution < -0.4 is 10.6 Å². The second-order valence-corrected chi connectivity index (χ2v) is 4.94. The van der Waals surface area contributed by atoms with E-state index in [2.05, 4.69) is 10.6 Å². The predicted molar refractivity (Wildman–Crippen MR) is 86.4 cm³/mol. The Morgan fingerprint density at radius 1 is 1.12 bits per heavy atom. The van der Waals surface area contributed by atoms with Crippen molar-refractivity contribution in [2.75, 3.05) is 19.0 Å². The Hall–Kier alpha value is -3.09. The summed E-state index contributed by atoms with van der Waals surface area (Å²) in [7, 11) is 1.54. The molecule has 0 saturated carbocycles. The Balaban J connectivity index is 1.72. The highest BCUT2D eigenvalue weighted by Crippen LogP contribution is 2.09. The number of hydrogen-bond acceptors (Lipinski definition) is 5. The van der Waals surface area contributed by atoms with Crippen LogP contribution in [0.15, 0.2) is 47.1 Å². The van der Waals surface area contributed by atoms with Gasteiger partial charge in [-0.1, -0.05) is 0 Å². The lowest BCUT2D eigenvalue weighted by atomic mass is 10.2. The summed E-state index contributed by atoms with van der Waals surface area (Å²) in [5.41, 5.74) is 0.999. The third-order valence-corrected chi connectivity index (χ3v) is 3.18. The minimum atomic E-state index is -0.475. The van der Waals surface area contributed by atoms with Gasteiger partial charge >= 0.3 is 5.97 Å². The first kappa shape index (κ1) is 17.3. The summed E-state index contributed by atoms with van der Waals surface area (Å²) in [4.78, 5) is 34.7. The van der Waals surface area contributed by atoms with Gasteiger partial charge in [0.25, 0.3) is 11.8 Å². The molecule has 1 aromatic heterocycles. The summed E-state index contributed by atoms with van der Waals surface area (Å²) in [5.74, 6) is -0.448. The van der Waals surface area contributed by atoms with Crippen molar-refractivity contribution in [1.82, 2.24) is 5.32 Å². The second kappa shape index (κ2) is 8.52. The number of anilines is 1. The molecule has 0 aliphatic carbocycles. The largest absolute Gasteiger partial charge is 0.469 e. The molecule has 0 radical (unpaired) electrons. The van der Waals surface area contributed by atoms with Crippen LogP contribution in [0.1, 0.15) is 22.5 Å². The van der Waals surface area contributed by atoms with Crippen LogP contribution in [0.2, 0.25) is 0 Å². The summed E-state index contributed by atoms with van der Waals surface area (Å²) in [5, 5.41) is 5.09. The van der Waals surface area contributed by atoms with Gasteiger partial charge in [0.15, 0.2) is 6.61 Å². The monoisotopic (exact) mass is 330 g/mol. The zero-order chi connectivity index (χ0) is 17.4. The van der Waals surface area contributed by atoms with Crippen molar-refractivity contribution in [2.24, 2.45) is 0 Å². The fourth-order valence-corrected chi connectivity index (χ4v) is 1.94. The second-order valence-electron chi connectivity index (χ2n) is 4.94. The van der Waals surface area contributed by atoms with E-state index >= 15 is 0 Å². The molecule has 7 heteroatoms. The lowest BCUT2D eigenvalue weighted by Gasteiger charge is -2.07. The molecular formula is C17H18N2O5. The first-order chi connectivity index (χ1) is 11.6. The van der Waals surface area contributed by atoms with Crippen molar-refractivity contribution in [1.29, 1.82) is 0 Å². The topological polar surface area (TPSA) is 97.6 Å². The molecule has 0 saturated heterocycles. The molecule has 1 aromatic carbocycles. The lowest BCUT2D eigenvalue weighted by Crippen LogP contribution is -2.21. The van der Waals surface area contributed by atoms with E-state index in [4.69, 9.17) is 9.15 Å². The number of nitrogens with one attached hydrogen (secondary N) is 2. The van der Waals surface area contributed by atoms with Crippen molar-refractivity contribution in [2.45, 2.75) is 12.8 Å². The van der Waals surface area contributed by atoms with Crippen LogP contribution in [-0.2, 0) is 20.7 Å². The fraction of sp³-hybridized carbons (Fsp3) is 0.235. The van der Waals surface area contributed by atoms with Gasteiger partial charge < -0.3 is 19.8 Å². The van der Waals surface area contributed by atoms with Gasteiger partial charge in [-0.25, -0.2) is 0 Å². The van der Waals surface area contributed by atoms with Crippen LogP contribution in [0.5, 0.6) is 0 Å². The van der Waals surface area contributed by atoms with Crippen LogP contribution in [0.3, 0.4) is 0 Å². The number of rotatable bonds is 7. The number of furan rings is 1. The van der Waals surface area contributed by atoms with E-state index in [1.165, 1.54) is 13.3 Å². The molecule has 0 aliphatic rings. The van der Waals surface area contributed by atoms with E-state index in [9.17, 15) is 14.4 Å². The molecule has 2 amide bonds. The van der Waals surface area contributed by atoms with Gasteiger partial charge in [0, 0.05) is 24.7 Å². The number of amides is 2. The highest BCUT2D eigenvalue weighted by molar-refractivity contribution is 5.96. The van der Waals surface area contributed by atoms with Gasteiger partial charge in [-0.2, -0.15) is 0 Å². The molecule has 0 spiro atoms. The molecule has 126 valence electrons. The Labute approximate surface area is 139 Å². The molecule has 2 rings (SSSR count). The molecule has 0 aliphatic heterocycles. The standard InChI is InChI=1S/C17H18N2O5/c1-18-17(22)12-4-6-13(7-5-12)19-15(20)11-24-16(21)9-8-14-3-2-10-23-14/h2-7,10H,8-9,11H2,1H3,(H,18,22)(H,19,20). The highest BCUT2D eigenvalue weighted by atomic mass is 16.5. The van der Waals surface area contributed by atoms with Gasteiger partial charge in [-0.3, -0.25) is 14.4 Å². The summed E-state index contributed by atoms with van der Waals surface area (Å²) in [6.07, 6.45) is 2.10. The molecule has 2 aromatic rings. The van der Waals surface area contributed by atoms with Crippen LogP contribution >= 0.6 is 0 Å². The molecule has 24 heavy (non-hydrogen) atoms. The number of benzene rings is 1. The van der Waals surface area contributed by atoms with E-state index in [-0.39, 0.29) is 18.9 Å². The molecule has 7 nitrogen and oxygen atoms in total. The zero-order valence-corrected chi connectivity index (χ0v) is 13.2. The number of aryl methyl sites for hydroxylation is 1. The number of ether oxygens (including phenoxy) is 1. The van der Waals surface area contributed by atoms with Crippen LogP contribution in [0, 0.1) is 0 Å². The molecule has 2 N–H and O–H groups in total. The smallest absolute Gasteiger partial charge is 0.306 e. The number of hydrogen-bond donors (Lipinski definition) is 2. The molecule has 0 fully saturated rings. The first-order valence-electron chi connectivity index (χ1n) is 7.38. The normalized spacial score (nSPS) is 10.0. The van der Waals surface area contributed by atoms with Gasteiger partial charge in [-0.05, 0) is 36.4 Å². The number of carbonyl (C=O) groups excluding carboxylic acids is 3. The van der Waals surface area contributed by atoms with Crippen molar-refractivity contribution in [3.8, 4) is 0 Å². The van der Waals surface area contributed by atoms with Crippen LogP contribution in [0.4, 0.5) is 5.69 Å². The highest BCUT2D eigenvalue weighted by Gasteiger charge is 2.09. The Morgan fingerprint density at radius 2 is 1.88 bits per heavy atom. The van der Waals surface area contributed by atoms with Crippen molar-refractivity contribution in [3.05, 3.63) is 54.0 Å². The van der Waals surface area contributed by atoms with E-state index in [1.54, 1.807) is 36.4 Å². The number of esters is 1. The van der Waals surface area contributed by atoms with Gasteiger partial charge in [-0.15, -0.1) is 0 Å². The van der Waals surface area contributed by atoms with E-state index in [0.29, 0.717) is 23.4 Å². The summed E-state index contributed by atoms with van der Waals surface area (Å²) < 4.78 is 10.0. The maximum atomic E-state index is 11.7. The lowest BCUT2D eigenvalue weighted by molar-refractivity contribution is -0.147. The molecular weight excluding hydrogens is 312 g/mol. The van der Waals surface area contributed by atoms with E-state index < -0.39 is 11.9 Å². The summed E-state index contributed by atoms with van der Waals surface area (Å²) in [6.45, 7) is -0.367. The molecule has 0 bridgehead atoms. The zero-order valence-electron chi connectivity index (χ0n) is 13.2. The number of carbonyl (C=O) groups is 3. The molecule has 0 atom stereocenters. The predicted octanol–water partition coefficient (Wildman–Crippen LogP) is 1.75. The van der Waals surface area contributed by atoms with Gasteiger partial charge in [0.05, 0.1) is 12.7 Å². The maximum absolute atomic E-state index is 11.7. The van der Waals surface area contributed by atoms with Crippen LogP contribution in [-0.4, -0.2) is 31.4 Å². The fourth-order valence-electron chi connectivity index (χ4n) is 1.94. The van der Waals surface area contributed by atoms with Crippen molar-refractivity contribution in [3.63, 3.8) is 0 Å². The average molecular weight is 330 g/mol. The van der Waals surface area contributed by atoms with Crippen molar-refractivity contribution >= 4 is 23.5 Å². The minimum absolute atomic E-state index is 0.140. The average Bonchev–Trinajstić information content (AvgIpc) is 3.11. The Kier molecular flexibility index (Phi) is 6.13. The first-order valence-corrected chi connectivity index (χ1v) is 7.38. The Bertz CT molecular complexity index is 692. The third kappa shape index (κ3) is 5.28. The van der Waals surface area contributed by atoms with Gasteiger partial charge in [0.1, 0.15) is 5.76 Å². The third-order valence-electron chi connectivity index (χ3n) is 3.18. The van der Waals surface area contributed by atoms with Gasteiger partial charge in [0.2, 0.25) is 0 Å². The quantitative estimate of drug-likeness (QED) is 0.754. The van der Waals surface area contributed by atoms with E-state index in [1.807, 2.05) is 0 Å². The molecule has 0 unspecified atom stereocenters.